The van der Waals surface area contributed by atoms with E-state index in [-0.39, 0.29) is 0 Å². The van der Waals surface area contributed by atoms with Crippen molar-refractivity contribution in [3.05, 3.63) is 29.8 Å². The van der Waals surface area contributed by atoms with E-state index in [1.54, 1.807) is 31.0 Å². The van der Waals surface area contributed by atoms with Gasteiger partial charge >= 0.3 is 5.97 Å². The second kappa shape index (κ2) is 5.67. The zero-order valence-corrected chi connectivity index (χ0v) is 8.71. The summed E-state index contributed by atoms with van der Waals surface area (Å²) in [6, 6.07) is 6.84. The molecule has 0 radical (unpaired) electrons. The van der Waals surface area contributed by atoms with Gasteiger partial charge in [-0.1, -0.05) is 0 Å². The first kappa shape index (κ1) is 11.1. The Morgan fingerprint density at radius 2 is 2.07 bits per heavy atom. The fourth-order valence-electron chi connectivity index (χ4n) is 0.937. The first-order valence-corrected chi connectivity index (χ1v) is 5.17. The van der Waals surface area contributed by atoms with E-state index in [2.05, 4.69) is 0 Å². The predicted octanol–water partition coefficient (Wildman–Crippen LogP) is 2.12. The van der Waals surface area contributed by atoms with E-state index in [1.807, 2.05) is 12.1 Å². The largest absolute Gasteiger partial charge is 0.478 e. The molecule has 0 fully saturated rings. The van der Waals surface area contributed by atoms with Crippen LogP contribution in [0.25, 0.3) is 0 Å². The van der Waals surface area contributed by atoms with Crippen molar-refractivity contribution in [2.24, 2.45) is 0 Å². The molecule has 0 aliphatic carbocycles. The van der Waals surface area contributed by atoms with Crippen molar-refractivity contribution in [1.29, 1.82) is 0 Å². The van der Waals surface area contributed by atoms with Crippen molar-refractivity contribution in [3.63, 3.8) is 0 Å². The number of carbonyl (C=O) groups is 1. The lowest BCUT2D eigenvalue weighted by Crippen LogP contribution is -1.95. The number of aromatic carboxylic acids is 1. The molecular formula is C10H12O3S. The second-order valence-electron chi connectivity index (χ2n) is 2.67. The molecular weight excluding hydrogens is 200 g/mol. The SMILES string of the molecule is COCCSc1ccc(C(=O)O)cc1. The number of methoxy groups -OCH3 is 1. The van der Waals surface area contributed by atoms with Crippen LogP contribution in [0.3, 0.4) is 0 Å². The molecule has 1 aromatic rings. The van der Waals surface area contributed by atoms with Gasteiger partial charge in [-0.2, -0.15) is 0 Å². The van der Waals surface area contributed by atoms with Crippen LogP contribution in [0.1, 0.15) is 10.4 Å². The van der Waals surface area contributed by atoms with Gasteiger partial charge in [0.15, 0.2) is 0 Å². The van der Waals surface area contributed by atoms with Crippen molar-refractivity contribution >= 4 is 17.7 Å². The quantitative estimate of drug-likeness (QED) is 0.600. The average molecular weight is 212 g/mol. The van der Waals surface area contributed by atoms with Crippen LogP contribution in [0.4, 0.5) is 0 Å². The van der Waals surface area contributed by atoms with Crippen molar-refractivity contribution in [1.82, 2.24) is 0 Å². The number of benzene rings is 1. The van der Waals surface area contributed by atoms with Crippen LogP contribution in [0.15, 0.2) is 29.2 Å². The van der Waals surface area contributed by atoms with Gasteiger partial charge in [-0.15, -0.1) is 11.8 Å². The minimum Gasteiger partial charge on any atom is -0.478 e. The molecule has 1 aromatic carbocycles. The smallest absolute Gasteiger partial charge is 0.335 e. The Morgan fingerprint density at radius 1 is 1.43 bits per heavy atom. The molecule has 0 saturated carbocycles. The molecule has 4 heteroatoms. The van der Waals surface area contributed by atoms with Crippen molar-refractivity contribution in [2.45, 2.75) is 4.90 Å². The van der Waals surface area contributed by atoms with Gasteiger partial charge in [0.25, 0.3) is 0 Å². The fourth-order valence-corrected chi connectivity index (χ4v) is 1.75. The first-order valence-electron chi connectivity index (χ1n) is 4.19. The summed E-state index contributed by atoms with van der Waals surface area (Å²) in [5.74, 6) is -0.0124. The van der Waals surface area contributed by atoms with Crippen molar-refractivity contribution in [2.75, 3.05) is 19.5 Å². The second-order valence-corrected chi connectivity index (χ2v) is 3.84. The molecule has 0 bridgehead atoms. The summed E-state index contributed by atoms with van der Waals surface area (Å²) in [4.78, 5) is 11.6. The summed E-state index contributed by atoms with van der Waals surface area (Å²) in [6.07, 6.45) is 0. The zero-order valence-electron chi connectivity index (χ0n) is 7.90. The van der Waals surface area contributed by atoms with E-state index in [9.17, 15) is 4.79 Å². The molecule has 0 aliphatic heterocycles. The molecule has 0 heterocycles. The lowest BCUT2D eigenvalue weighted by atomic mass is 10.2. The maximum atomic E-state index is 10.5. The van der Waals surface area contributed by atoms with Crippen molar-refractivity contribution < 1.29 is 14.6 Å². The van der Waals surface area contributed by atoms with E-state index in [1.165, 1.54) is 0 Å². The minimum atomic E-state index is -0.890. The third-order valence-electron chi connectivity index (χ3n) is 1.66. The van der Waals surface area contributed by atoms with Crippen LogP contribution >= 0.6 is 11.8 Å². The molecule has 0 saturated heterocycles. The number of hydrogen-bond acceptors (Lipinski definition) is 3. The number of hydrogen-bond donors (Lipinski definition) is 1. The fraction of sp³-hybridized carbons (Fsp3) is 0.300. The van der Waals surface area contributed by atoms with E-state index in [4.69, 9.17) is 9.84 Å². The van der Waals surface area contributed by atoms with Crippen LogP contribution in [0.5, 0.6) is 0 Å². The van der Waals surface area contributed by atoms with Crippen molar-refractivity contribution in [3.8, 4) is 0 Å². The van der Waals surface area contributed by atoms with Gasteiger partial charge in [0.2, 0.25) is 0 Å². The number of ether oxygens (including phenoxy) is 1. The van der Waals surface area contributed by atoms with Gasteiger partial charge in [-0.3, -0.25) is 0 Å². The summed E-state index contributed by atoms with van der Waals surface area (Å²) in [7, 11) is 1.66. The highest BCUT2D eigenvalue weighted by Gasteiger charge is 2.01. The van der Waals surface area contributed by atoms with Gasteiger partial charge < -0.3 is 9.84 Å². The highest BCUT2D eigenvalue weighted by atomic mass is 32.2. The highest BCUT2D eigenvalue weighted by Crippen LogP contribution is 2.17. The number of thioether (sulfide) groups is 1. The molecule has 1 rings (SSSR count). The van der Waals surface area contributed by atoms with E-state index in [0.29, 0.717) is 12.2 Å². The Labute approximate surface area is 87.1 Å². The molecule has 1 N–H and O–H groups in total. The molecule has 0 amide bonds. The summed E-state index contributed by atoms with van der Waals surface area (Å²) in [5.41, 5.74) is 0.320. The molecule has 76 valence electrons. The summed E-state index contributed by atoms with van der Waals surface area (Å²) in [6.45, 7) is 0.700. The van der Waals surface area contributed by atoms with Crippen LogP contribution in [0, 0.1) is 0 Å². The number of carboxylic acid groups (broad SMARTS) is 1. The van der Waals surface area contributed by atoms with Gasteiger partial charge in [-0.25, -0.2) is 4.79 Å². The van der Waals surface area contributed by atoms with E-state index < -0.39 is 5.97 Å². The Hall–Kier alpha value is -1.00. The lowest BCUT2D eigenvalue weighted by Gasteiger charge is -2.00. The standard InChI is InChI=1S/C10H12O3S/c1-13-6-7-14-9-4-2-8(3-5-9)10(11)12/h2-5H,6-7H2,1H3,(H,11,12). The highest BCUT2D eigenvalue weighted by molar-refractivity contribution is 7.99. The Bertz CT molecular complexity index is 295. The molecule has 0 unspecified atom stereocenters. The van der Waals surface area contributed by atoms with Gasteiger partial charge in [-0.05, 0) is 24.3 Å². The Morgan fingerprint density at radius 3 is 2.57 bits per heavy atom. The molecule has 3 nitrogen and oxygen atoms in total. The van der Waals surface area contributed by atoms with Crippen LogP contribution in [0.2, 0.25) is 0 Å². The Kier molecular flexibility index (Phi) is 4.49. The summed E-state index contributed by atoms with van der Waals surface area (Å²) in [5, 5.41) is 8.66. The van der Waals surface area contributed by atoms with Gasteiger partial charge in [0, 0.05) is 17.8 Å². The molecule has 0 spiro atoms. The third kappa shape index (κ3) is 3.40. The number of rotatable bonds is 5. The molecule has 0 atom stereocenters. The minimum absolute atomic E-state index is 0.320. The average Bonchev–Trinajstić information content (AvgIpc) is 2.19. The maximum absolute atomic E-state index is 10.5. The maximum Gasteiger partial charge on any atom is 0.335 e. The molecule has 0 aliphatic rings. The van der Waals surface area contributed by atoms with Gasteiger partial charge in [0.05, 0.1) is 12.2 Å². The number of carboxylic acids is 1. The molecule has 0 aromatic heterocycles. The van der Waals surface area contributed by atoms with E-state index >= 15 is 0 Å². The summed E-state index contributed by atoms with van der Waals surface area (Å²) >= 11 is 1.65. The Balaban J connectivity index is 2.51. The van der Waals surface area contributed by atoms with E-state index in [0.717, 1.165) is 10.6 Å². The monoisotopic (exact) mass is 212 g/mol. The topological polar surface area (TPSA) is 46.5 Å². The van der Waals surface area contributed by atoms with Crippen LogP contribution < -0.4 is 0 Å². The normalized spacial score (nSPS) is 10.1. The molecule has 14 heavy (non-hydrogen) atoms. The summed E-state index contributed by atoms with van der Waals surface area (Å²) < 4.78 is 4.91. The predicted molar refractivity (Wildman–Crippen MR) is 56.0 cm³/mol. The van der Waals surface area contributed by atoms with Crippen LogP contribution in [-0.2, 0) is 4.74 Å². The van der Waals surface area contributed by atoms with Crippen LogP contribution in [-0.4, -0.2) is 30.5 Å². The van der Waals surface area contributed by atoms with Gasteiger partial charge in [0.1, 0.15) is 0 Å². The lowest BCUT2D eigenvalue weighted by molar-refractivity contribution is 0.0697. The first-order chi connectivity index (χ1) is 6.74. The third-order valence-corrected chi connectivity index (χ3v) is 2.63. The zero-order chi connectivity index (χ0) is 10.4.